The molecule has 2 aliphatic heterocycles. The molecule has 148 valence electrons. The number of nitrogens with one attached hydrogen (secondary N) is 3. The Morgan fingerprint density at radius 3 is 2.86 bits per heavy atom. The predicted molar refractivity (Wildman–Crippen MR) is 102 cm³/mol. The van der Waals surface area contributed by atoms with Crippen LogP contribution in [0.2, 0.25) is 0 Å². The molecule has 2 aliphatic rings. The van der Waals surface area contributed by atoms with Gasteiger partial charge in [0.05, 0.1) is 33.4 Å². The molecule has 2 atom stereocenters. The number of urea groups is 1. The number of hydrogen-bond acceptors (Lipinski definition) is 5. The Labute approximate surface area is 163 Å². The maximum Gasteiger partial charge on any atom is 0.324 e. The van der Waals surface area contributed by atoms with E-state index in [9.17, 15) is 4.79 Å². The van der Waals surface area contributed by atoms with Crippen LogP contribution in [0.3, 0.4) is 0 Å². The maximum absolute atomic E-state index is 12.7. The Balaban J connectivity index is 1.61. The average molecular weight is 386 g/mol. The van der Waals surface area contributed by atoms with Crippen LogP contribution in [0.15, 0.2) is 30.3 Å². The van der Waals surface area contributed by atoms with E-state index in [1.54, 1.807) is 20.3 Å². The summed E-state index contributed by atoms with van der Waals surface area (Å²) in [6.45, 7) is 1.05. The molecule has 0 aliphatic carbocycles. The zero-order valence-electron chi connectivity index (χ0n) is 16.1. The summed E-state index contributed by atoms with van der Waals surface area (Å²) >= 11 is 0. The number of likely N-dealkylation sites (N-methyl/N-ethyl adjacent to an activating group) is 1. The number of hydrogen-bond donors (Lipinski definition) is 3. The second-order valence-electron chi connectivity index (χ2n) is 6.83. The topological polar surface area (TPSA) is 82.5 Å². The fourth-order valence-corrected chi connectivity index (χ4v) is 3.72. The van der Waals surface area contributed by atoms with Crippen LogP contribution in [0.25, 0.3) is 0 Å². The molecule has 0 spiro atoms. The predicted octanol–water partition coefficient (Wildman–Crippen LogP) is 1.32. The summed E-state index contributed by atoms with van der Waals surface area (Å²) in [4.78, 5) is 13.9. The number of anilines is 1. The van der Waals surface area contributed by atoms with Crippen molar-refractivity contribution in [3.8, 4) is 23.0 Å². The van der Waals surface area contributed by atoms with Gasteiger partial charge in [-0.15, -0.1) is 0 Å². The molecular weight excluding hydrogens is 362 g/mol. The molecule has 0 bridgehead atoms. The van der Waals surface area contributed by atoms with Gasteiger partial charge in [-0.2, -0.15) is 0 Å². The van der Waals surface area contributed by atoms with Gasteiger partial charge < -0.3 is 29.2 Å². The molecule has 3 N–H and O–H groups in total. The molecule has 8 heteroatoms. The molecule has 1 unspecified atom stereocenters. The molecule has 0 radical (unpaired) electrons. The van der Waals surface area contributed by atoms with Crippen LogP contribution in [-0.4, -0.2) is 40.6 Å². The first kappa shape index (κ1) is 18.2. The van der Waals surface area contributed by atoms with Crippen molar-refractivity contribution in [3.05, 3.63) is 41.5 Å². The first-order valence-electron chi connectivity index (χ1n) is 9.14. The Kier molecular flexibility index (Phi) is 4.87. The quantitative estimate of drug-likeness (QED) is 0.739. The summed E-state index contributed by atoms with van der Waals surface area (Å²) in [6.07, 6.45) is 0.586. The third kappa shape index (κ3) is 3.27. The minimum absolute atomic E-state index is 0.172. The van der Waals surface area contributed by atoms with E-state index in [0.717, 1.165) is 29.0 Å². The second-order valence-corrected chi connectivity index (χ2v) is 6.83. The maximum atomic E-state index is 12.7. The monoisotopic (exact) mass is 386 g/mol. The van der Waals surface area contributed by atoms with E-state index >= 15 is 0 Å². The van der Waals surface area contributed by atoms with Gasteiger partial charge in [0.25, 0.3) is 0 Å². The lowest BCUT2D eigenvalue weighted by Crippen LogP contribution is -3.12. The number of benzene rings is 2. The largest absolute Gasteiger partial charge is 0.497 e. The number of amides is 2. The molecule has 2 aromatic carbocycles. The van der Waals surface area contributed by atoms with Crippen molar-refractivity contribution < 1.29 is 28.6 Å². The molecule has 0 saturated heterocycles. The van der Waals surface area contributed by atoms with Gasteiger partial charge in [-0.25, -0.2) is 4.79 Å². The zero-order chi connectivity index (χ0) is 19.7. The minimum Gasteiger partial charge on any atom is -0.497 e. The van der Waals surface area contributed by atoms with E-state index in [0.29, 0.717) is 28.7 Å². The minimum atomic E-state index is -0.301. The van der Waals surface area contributed by atoms with Gasteiger partial charge in [0.15, 0.2) is 17.7 Å². The van der Waals surface area contributed by atoms with Gasteiger partial charge in [0.2, 0.25) is 12.5 Å². The van der Waals surface area contributed by atoms with Crippen molar-refractivity contribution in [3.63, 3.8) is 0 Å². The standard InChI is InChI=1S/C20H23N3O5/c1-23-8-7-12-9-15-17(28-11-27-15)18(26-3)16(12)19(23)22-20(24)21-13-5-4-6-14(10-13)25-2/h4-6,9-10,19H,7-8,11H2,1-3H3,(H2,21,22,24)/p+1/t19-/m0/s1. The Morgan fingerprint density at radius 1 is 1.21 bits per heavy atom. The summed E-state index contributed by atoms with van der Waals surface area (Å²) < 4.78 is 22.0. The average Bonchev–Trinajstić information content (AvgIpc) is 3.17. The van der Waals surface area contributed by atoms with Gasteiger partial charge >= 0.3 is 6.03 Å². The lowest BCUT2D eigenvalue weighted by molar-refractivity contribution is -0.917. The Hall–Kier alpha value is -3.13. The highest BCUT2D eigenvalue weighted by molar-refractivity contribution is 5.89. The van der Waals surface area contributed by atoms with E-state index in [-0.39, 0.29) is 19.0 Å². The number of ether oxygens (including phenoxy) is 4. The summed E-state index contributed by atoms with van der Waals surface area (Å²) in [6, 6.07) is 8.92. The van der Waals surface area contributed by atoms with Crippen molar-refractivity contribution in [1.29, 1.82) is 0 Å². The van der Waals surface area contributed by atoms with Crippen molar-refractivity contribution >= 4 is 11.7 Å². The molecule has 4 rings (SSSR count). The van der Waals surface area contributed by atoms with Crippen LogP contribution >= 0.6 is 0 Å². The van der Waals surface area contributed by atoms with E-state index in [4.69, 9.17) is 18.9 Å². The molecular formula is C20H24N3O5+. The third-order valence-corrected chi connectivity index (χ3v) is 5.12. The van der Waals surface area contributed by atoms with Crippen LogP contribution in [0.1, 0.15) is 17.3 Å². The molecule has 2 heterocycles. The fraction of sp³-hybridized carbons (Fsp3) is 0.350. The van der Waals surface area contributed by atoms with Crippen LogP contribution in [-0.2, 0) is 6.42 Å². The molecule has 0 fully saturated rings. The Morgan fingerprint density at radius 2 is 2.07 bits per heavy atom. The number of fused-ring (bicyclic) bond motifs is 2. The number of carbonyl (C=O) groups excluding carboxylic acids is 1. The molecule has 0 saturated carbocycles. The van der Waals surface area contributed by atoms with E-state index in [2.05, 4.69) is 10.6 Å². The lowest BCUT2D eigenvalue weighted by Gasteiger charge is -2.33. The van der Waals surface area contributed by atoms with Gasteiger partial charge in [0, 0.05) is 18.2 Å². The van der Waals surface area contributed by atoms with E-state index in [1.807, 2.05) is 31.3 Å². The fourth-order valence-electron chi connectivity index (χ4n) is 3.72. The van der Waals surface area contributed by atoms with Gasteiger partial charge in [0.1, 0.15) is 5.75 Å². The van der Waals surface area contributed by atoms with Crippen molar-refractivity contribution in [1.82, 2.24) is 5.32 Å². The summed E-state index contributed by atoms with van der Waals surface area (Å²) in [5.41, 5.74) is 2.68. The summed E-state index contributed by atoms with van der Waals surface area (Å²) in [7, 11) is 5.24. The summed E-state index contributed by atoms with van der Waals surface area (Å²) in [5.74, 6) is 2.58. The van der Waals surface area contributed by atoms with Crippen LogP contribution in [0, 0.1) is 0 Å². The van der Waals surface area contributed by atoms with Gasteiger partial charge in [-0.1, -0.05) is 6.07 Å². The zero-order valence-corrected chi connectivity index (χ0v) is 16.1. The smallest absolute Gasteiger partial charge is 0.324 e. The Bertz CT molecular complexity index is 902. The summed E-state index contributed by atoms with van der Waals surface area (Å²) in [5, 5.41) is 5.94. The first-order chi connectivity index (χ1) is 13.6. The number of quaternary nitrogens is 1. The molecule has 8 nitrogen and oxygen atoms in total. The van der Waals surface area contributed by atoms with Crippen molar-refractivity contribution in [2.75, 3.05) is 39.9 Å². The van der Waals surface area contributed by atoms with Crippen LogP contribution in [0.4, 0.5) is 10.5 Å². The van der Waals surface area contributed by atoms with Gasteiger partial charge in [-0.05, 0) is 23.8 Å². The molecule has 28 heavy (non-hydrogen) atoms. The lowest BCUT2D eigenvalue weighted by atomic mass is 9.95. The highest BCUT2D eigenvalue weighted by Crippen LogP contribution is 2.46. The van der Waals surface area contributed by atoms with E-state index in [1.165, 1.54) is 0 Å². The number of carbonyl (C=O) groups is 1. The van der Waals surface area contributed by atoms with Crippen LogP contribution in [0.5, 0.6) is 23.0 Å². The van der Waals surface area contributed by atoms with Gasteiger partial charge in [-0.3, -0.25) is 5.32 Å². The van der Waals surface area contributed by atoms with Crippen LogP contribution < -0.4 is 34.5 Å². The normalized spacial score (nSPS) is 19.5. The SMILES string of the molecule is COc1cccc(NC(=O)N[C@@H]2c3c(cc4c(c3OC)OCO4)CC[NH+]2C)c1. The molecule has 0 aromatic heterocycles. The van der Waals surface area contributed by atoms with Crippen molar-refractivity contribution in [2.45, 2.75) is 12.6 Å². The van der Waals surface area contributed by atoms with Crippen molar-refractivity contribution in [2.24, 2.45) is 0 Å². The van der Waals surface area contributed by atoms with E-state index < -0.39 is 0 Å². The molecule has 2 amide bonds. The second kappa shape index (κ2) is 7.47. The first-order valence-corrected chi connectivity index (χ1v) is 9.14. The third-order valence-electron chi connectivity index (χ3n) is 5.12. The highest BCUT2D eigenvalue weighted by atomic mass is 16.7. The number of rotatable bonds is 4. The highest BCUT2D eigenvalue weighted by Gasteiger charge is 2.37. The molecule has 2 aromatic rings. The number of methoxy groups -OCH3 is 2.